The summed E-state index contributed by atoms with van der Waals surface area (Å²) in [7, 11) is 11.1. The molecule has 2 atom stereocenters. The molecule has 5 heteroatoms. The van der Waals surface area contributed by atoms with E-state index in [1.807, 2.05) is 0 Å². The third kappa shape index (κ3) is 18.5. The number of hydrogen-bond acceptors (Lipinski definition) is 0. The molecule has 728 valence electrons. The lowest BCUT2D eigenvalue weighted by Crippen LogP contribution is -2.38. The van der Waals surface area contributed by atoms with Crippen molar-refractivity contribution < 1.29 is 22.8 Å². The third-order valence-corrected chi connectivity index (χ3v) is 36.4. The zero-order valence-electron chi connectivity index (χ0n) is 91.2. The molecule has 5 nitrogen and oxygen atoms in total. The number of pyridine rings is 5. The van der Waals surface area contributed by atoms with Gasteiger partial charge < -0.3 is 0 Å². The highest BCUT2D eigenvalue weighted by molar-refractivity contribution is 6.03. The van der Waals surface area contributed by atoms with Crippen LogP contribution in [0.2, 0.25) is 0 Å². The molecule has 16 aromatic rings. The van der Waals surface area contributed by atoms with Gasteiger partial charge in [0.2, 0.25) is 28.5 Å². The van der Waals surface area contributed by atoms with Crippen LogP contribution < -0.4 is 22.8 Å². The van der Waals surface area contributed by atoms with E-state index < -0.39 is 0 Å². The molecule has 5 heterocycles. The van der Waals surface area contributed by atoms with Crippen molar-refractivity contribution >= 4 is 64.6 Å². The molecule has 0 saturated heterocycles. The van der Waals surface area contributed by atoms with Crippen LogP contribution in [0.15, 0.2) is 206 Å². The standard InChI is InChI=1S/C29H36N.C28H34N.C27H30N.2C26H32N/c1-6-20(7-2)23-12-13-25-24(16-23)15-19(4)30(5)29(25)26-17-28-22-10-8-21(9-11-22)27(28)14-18(26)3;1-6-19(7-2)20-10-11-24-23(14-20)13-18(4)29(5)28(24)25-16-27-22-9-8-21(15-22)26(27)12-17(25)3;1-6-20(7-2)23-12-13-25-24(16-23)15-19(4)28(5)27(25)26-17-22-11-9-8-10-21(22)14-18(26)3;1-8-18(9-2)19-14-20-13-17(4)27(7)25-23-16(3)11-10-12-21(23)26(5,6)22(15-19)24(20)25;1-6-19(7-2)22-11-12-24-23(15-22)14-18(4)27(5)26(24)25-16-21-10-8-9-20(21)13-17(25)3/h12-17,20-22H,6-11H2,1-5H3;10-14,16,19,21-22H,6-9,15H2,1-5H3;8-17,20H,6-7H2,1-5H3;10-15,18H,8-9H2,1-7H3;11-16,19H,6-10H2,1-5H3/q5*+1. The molecular weight excluding hydrogens is 1700 g/mol. The van der Waals surface area contributed by atoms with Crippen molar-refractivity contribution in [1.82, 2.24) is 0 Å². The second-order valence-electron chi connectivity index (χ2n) is 44.7. The highest BCUT2D eigenvalue weighted by Crippen LogP contribution is 2.56. The van der Waals surface area contributed by atoms with Gasteiger partial charge in [-0.15, -0.1) is 0 Å². The maximum absolute atomic E-state index is 2.57. The molecule has 7 aliphatic carbocycles. The quantitative estimate of drug-likeness (QED) is 0.0719. The third-order valence-electron chi connectivity index (χ3n) is 36.4. The van der Waals surface area contributed by atoms with E-state index in [1.54, 1.807) is 33.4 Å². The van der Waals surface area contributed by atoms with Crippen LogP contribution in [0.5, 0.6) is 0 Å². The van der Waals surface area contributed by atoms with E-state index in [9.17, 15) is 0 Å². The van der Waals surface area contributed by atoms with Gasteiger partial charge in [-0.25, -0.2) is 0 Å². The molecule has 11 aromatic carbocycles. The number of aryl methyl sites for hydroxylation is 12. The molecule has 2 fully saturated rings. The van der Waals surface area contributed by atoms with E-state index in [0.29, 0.717) is 29.6 Å². The Bertz CT molecular complexity index is 7500. The van der Waals surface area contributed by atoms with E-state index in [0.717, 1.165) is 23.7 Å². The molecule has 0 radical (unpaired) electrons. The van der Waals surface area contributed by atoms with Crippen LogP contribution in [0.3, 0.4) is 0 Å². The van der Waals surface area contributed by atoms with Gasteiger partial charge in [-0.05, 0) is 403 Å². The Morgan fingerprint density at radius 2 is 0.574 bits per heavy atom. The van der Waals surface area contributed by atoms with E-state index >= 15 is 0 Å². The van der Waals surface area contributed by atoms with Crippen molar-refractivity contribution in [2.24, 2.45) is 35.2 Å². The summed E-state index contributed by atoms with van der Waals surface area (Å²) in [5.74, 6) is 6.49. The fraction of sp³-hybridized carbons (Fsp3) is 0.419. The number of benzene rings is 11. The van der Waals surface area contributed by atoms with E-state index in [4.69, 9.17) is 0 Å². The Kier molecular flexibility index (Phi) is 29.2. The van der Waals surface area contributed by atoms with Crippen LogP contribution in [-0.2, 0) is 53.5 Å². The van der Waals surface area contributed by atoms with Crippen LogP contribution in [0.1, 0.15) is 381 Å². The summed E-state index contributed by atoms with van der Waals surface area (Å²) in [6.07, 6.45) is 25.6. The Hall–Kier alpha value is -11.3. The summed E-state index contributed by atoms with van der Waals surface area (Å²) in [5, 5.41) is 16.5. The fourth-order valence-electron chi connectivity index (χ4n) is 27.2. The van der Waals surface area contributed by atoms with Crippen LogP contribution in [-0.4, -0.2) is 0 Å². The van der Waals surface area contributed by atoms with Crippen molar-refractivity contribution in [2.45, 2.75) is 339 Å². The van der Waals surface area contributed by atoms with Crippen LogP contribution in [0.4, 0.5) is 0 Å². The van der Waals surface area contributed by atoms with Crippen molar-refractivity contribution in [2.75, 3.05) is 0 Å². The summed E-state index contributed by atoms with van der Waals surface area (Å²) in [4.78, 5) is 0. The van der Waals surface area contributed by atoms with Crippen molar-refractivity contribution in [1.29, 1.82) is 0 Å². The summed E-state index contributed by atoms with van der Waals surface area (Å²) in [5.41, 5.74) is 47.6. The number of hydrogen-bond donors (Lipinski definition) is 0. The van der Waals surface area contributed by atoms with Gasteiger partial charge in [-0.1, -0.05) is 210 Å². The van der Waals surface area contributed by atoms with Gasteiger partial charge in [0.15, 0.2) is 28.5 Å². The largest absolute Gasteiger partial charge is 0.221 e. The van der Waals surface area contributed by atoms with E-state index in [2.05, 4.69) is 417 Å². The lowest BCUT2D eigenvalue weighted by Gasteiger charge is -2.38. The number of fused-ring (bicyclic) bond motifs is 15. The molecule has 5 aromatic heterocycles. The first-order chi connectivity index (χ1) is 67.9. The van der Waals surface area contributed by atoms with Gasteiger partial charge in [0, 0.05) is 70.4 Å². The first kappa shape index (κ1) is 99.9. The van der Waals surface area contributed by atoms with Crippen LogP contribution >= 0.6 is 0 Å². The Labute approximate surface area is 847 Å². The smallest absolute Gasteiger partial charge is 0.198 e. The Morgan fingerprint density at radius 3 is 0.979 bits per heavy atom. The molecule has 2 unspecified atom stereocenters. The molecule has 7 aliphatic rings. The summed E-state index contributed by atoms with van der Waals surface area (Å²) >= 11 is 0. The van der Waals surface area contributed by atoms with Gasteiger partial charge in [0.25, 0.3) is 0 Å². The lowest BCUT2D eigenvalue weighted by atomic mass is 9.66. The van der Waals surface area contributed by atoms with E-state index in [-0.39, 0.29) is 5.41 Å². The van der Waals surface area contributed by atoms with E-state index in [1.165, 1.54) is 345 Å². The highest BCUT2D eigenvalue weighted by atomic mass is 15.0. The minimum absolute atomic E-state index is 0.0108. The Morgan fingerprint density at radius 1 is 0.262 bits per heavy atom. The first-order valence-corrected chi connectivity index (χ1v) is 55.1. The minimum Gasteiger partial charge on any atom is -0.198 e. The second-order valence-corrected chi connectivity index (χ2v) is 44.7. The fourth-order valence-corrected chi connectivity index (χ4v) is 27.2. The van der Waals surface area contributed by atoms with Crippen LogP contribution in [0.25, 0.3) is 121 Å². The predicted octanol–water partition coefficient (Wildman–Crippen LogP) is 34.7. The molecule has 0 aliphatic heterocycles. The monoisotopic (exact) mass is 1870 g/mol. The second kappa shape index (κ2) is 41.2. The molecule has 23 rings (SSSR count). The molecule has 0 amide bonds. The highest BCUT2D eigenvalue weighted by Gasteiger charge is 2.42. The topological polar surface area (TPSA) is 19.4 Å². The van der Waals surface area contributed by atoms with Crippen LogP contribution in [0, 0.1) is 69.2 Å². The minimum atomic E-state index is 0.0108. The SMILES string of the molecule is CCC(CC)c1cc2c3c([n+](C)c(C)cc3c1)-c1c(C)cccc1C2(C)C.CCC(CC)c1ccc2c(-c3cc4c(cc3C)C3CCC4C3)[n+](C)c(C)cc2c1.CCC(CC)c1ccc2c(-c3cc4c(cc3C)C3CCC4CC3)[n+](C)c(C)cc2c1.CCC(CC)c1ccc2c(-c3cc4c(cc3C)CCC4)[n+](C)c(C)cc2c1.CCC(CC)c1ccc2c(-c3cc4ccccc4cc3C)[n+](C)c(C)cc2c1. The van der Waals surface area contributed by atoms with Gasteiger partial charge in [-0.3, -0.25) is 0 Å². The van der Waals surface area contributed by atoms with Crippen molar-refractivity contribution in [3.63, 3.8) is 0 Å². The zero-order chi connectivity index (χ0) is 99.7. The van der Waals surface area contributed by atoms with Gasteiger partial charge in [0.1, 0.15) is 35.2 Å². The molecule has 141 heavy (non-hydrogen) atoms. The molecular formula is C136H164N5+5. The lowest BCUT2D eigenvalue weighted by molar-refractivity contribution is -0.665. The Balaban J connectivity index is 0.000000117. The first-order valence-electron chi connectivity index (χ1n) is 55.1. The number of aromatic nitrogens is 5. The summed E-state index contributed by atoms with van der Waals surface area (Å²) in [6.45, 7) is 50.4. The molecule has 4 bridgehead atoms. The zero-order valence-corrected chi connectivity index (χ0v) is 91.2. The maximum Gasteiger partial charge on any atom is 0.221 e. The predicted molar refractivity (Wildman–Crippen MR) is 602 cm³/mol. The average molecular weight is 1870 g/mol. The van der Waals surface area contributed by atoms with Gasteiger partial charge in [0.05, 0.1) is 54.7 Å². The van der Waals surface area contributed by atoms with Gasteiger partial charge in [-0.2, -0.15) is 22.8 Å². The molecule has 0 N–H and O–H groups in total. The molecule has 0 spiro atoms. The van der Waals surface area contributed by atoms with Crippen molar-refractivity contribution in [3.8, 4) is 56.3 Å². The van der Waals surface area contributed by atoms with Crippen molar-refractivity contribution in [3.05, 3.63) is 335 Å². The average Bonchev–Trinajstić information content (AvgIpc) is 1.64. The summed E-state index contributed by atoms with van der Waals surface area (Å²) in [6, 6.07) is 80.7. The molecule has 2 saturated carbocycles. The normalized spacial score (nSPS) is 16.1. The number of nitrogens with zero attached hydrogens (tertiary/aromatic N) is 5. The number of rotatable bonds is 19. The summed E-state index contributed by atoms with van der Waals surface area (Å²) < 4.78 is 11.9. The van der Waals surface area contributed by atoms with Gasteiger partial charge >= 0.3 is 0 Å². The maximum atomic E-state index is 2.57.